The lowest BCUT2D eigenvalue weighted by Gasteiger charge is -2.36. The molecule has 1 fully saturated rings. The van der Waals surface area contributed by atoms with Crippen molar-refractivity contribution in [2.45, 2.75) is 25.7 Å². The van der Waals surface area contributed by atoms with E-state index in [0.717, 1.165) is 24.1 Å². The molecule has 0 aliphatic heterocycles. The van der Waals surface area contributed by atoms with E-state index in [1.54, 1.807) is 12.1 Å². The summed E-state index contributed by atoms with van der Waals surface area (Å²) in [6.07, 6.45) is 2.35. The Hall–Kier alpha value is -0.890. The van der Waals surface area contributed by atoms with Gasteiger partial charge in [-0.3, -0.25) is 0 Å². The van der Waals surface area contributed by atoms with Gasteiger partial charge in [-0.05, 0) is 61.4 Å². The molecule has 0 aromatic heterocycles. The van der Waals surface area contributed by atoms with Gasteiger partial charge in [0.25, 0.3) is 0 Å². The van der Waals surface area contributed by atoms with Gasteiger partial charge in [0.05, 0.1) is 0 Å². The van der Waals surface area contributed by atoms with E-state index in [2.05, 4.69) is 6.07 Å². The first-order chi connectivity index (χ1) is 6.70. The molecular weight excluding hydrogens is 177 g/mol. The summed E-state index contributed by atoms with van der Waals surface area (Å²) in [5, 5.41) is 0. The Balaban J connectivity index is 2.23. The molecule has 0 saturated heterocycles. The van der Waals surface area contributed by atoms with Crippen LogP contribution in [0.4, 0.5) is 4.39 Å². The highest BCUT2D eigenvalue weighted by atomic mass is 19.1. The highest BCUT2D eigenvalue weighted by Crippen LogP contribution is 2.42. The van der Waals surface area contributed by atoms with E-state index in [1.165, 1.54) is 6.42 Å². The average Bonchev–Trinajstić information content (AvgIpc) is 2.00. The molecule has 2 unspecified atom stereocenters. The third kappa shape index (κ3) is 1.67. The number of hydrogen-bond acceptors (Lipinski definition) is 1. The number of rotatable bonds is 2. The summed E-state index contributed by atoms with van der Waals surface area (Å²) in [6, 6.07) is 5.30. The van der Waals surface area contributed by atoms with Gasteiger partial charge < -0.3 is 5.73 Å². The molecule has 76 valence electrons. The predicted octanol–water partition coefficient (Wildman–Crippen LogP) is 2.59. The second kappa shape index (κ2) is 3.70. The first-order valence-electron chi connectivity index (χ1n) is 5.18. The molecule has 1 aromatic carbocycles. The standard InChI is InChI=1S/C12H16FN/c1-8-4-10(6-11(13)5-8)12-3-2-9(12)7-14/h4-6,9,12H,2-3,7,14H2,1H3. The quantitative estimate of drug-likeness (QED) is 0.767. The van der Waals surface area contributed by atoms with Crippen molar-refractivity contribution in [1.29, 1.82) is 0 Å². The molecule has 0 heterocycles. The van der Waals surface area contributed by atoms with Crippen LogP contribution in [0.15, 0.2) is 18.2 Å². The fourth-order valence-corrected chi connectivity index (χ4v) is 2.27. The van der Waals surface area contributed by atoms with E-state index in [9.17, 15) is 4.39 Å². The molecule has 2 N–H and O–H groups in total. The van der Waals surface area contributed by atoms with Crippen LogP contribution in [-0.2, 0) is 0 Å². The lowest BCUT2D eigenvalue weighted by molar-refractivity contribution is 0.263. The summed E-state index contributed by atoms with van der Waals surface area (Å²) in [4.78, 5) is 0. The van der Waals surface area contributed by atoms with E-state index in [1.807, 2.05) is 6.92 Å². The number of halogens is 1. The SMILES string of the molecule is Cc1cc(F)cc(C2CCC2CN)c1. The van der Waals surface area contributed by atoms with E-state index >= 15 is 0 Å². The maximum absolute atomic E-state index is 13.1. The minimum absolute atomic E-state index is 0.123. The Morgan fingerprint density at radius 3 is 2.64 bits per heavy atom. The Bertz CT molecular complexity index is 313. The largest absolute Gasteiger partial charge is 0.330 e. The summed E-state index contributed by atoms with van der Waals surface area (Å²) < 4.78 is 13.1. The van der Waals surface area contributed by atoms with Crippen LogP contribution in [-0.4, -0.2) is 6.54 Å². The molecule has 1 aliphatic rings. The monoisotopic (exact) mass is 193 g/mol. The smallest absolute Gasteiger partial charge is 0.123 e. The summed E-state index contributed by atoms with van der Waals surface area (Å²) in [5.41, 5.74) is 7.78. The molecule has 1 aromatic rings. The molecule has 0 radical (unpaired) electrons. The van der Waals surface area contributed by atoms with Crippen molar-refractivity contribution < 1.29 is 4.39 Å². The Labute approximate surface area is 84.1 Å². The zero-order valence-corrected chi connectivity index (χ0v) is 8.46. The maximum atomic E-state index is 13.1. The second-order valence-corrected chi connectivity index (χ2v) is 4.24. The summed E-state index contributed by atoms with van der Waals surface area (Å²) >= 11 is 0. The van der Waals surface area contributed by atoms with Gasteiger partial charge >= 0.3 is 0 Å². The third-order valence-corrected chi connectivity index (χ3v) is 3.21. The van der Waals surface area contributed by atoms with Gasteiger partial charge in [-0.15, -0.1) is 0 Å². The van der Waals surface area contributed by atoms with Gasteiger partial charge in [0.2, 0.25) is 0 Å². The van der Waals surface area contributed by atoms with Crippen LogP contribution in [0.25, 0.3) is 0 Å². The fourth-order valence-electron chi connectivity index (χ4n) is 2.27. The van der Waals surface area contributed by atoms with Crippen molar-refractivity contribution in [3.63, 3.8) is 0 Å². The van der Waals surface area contributed by atoms with Crippen molar-refractivity contribution >= 4 is 0 Å². The van der Waals surface area contributed by atoms with Crippen LogP contribution in [0.3, 0.4) is 0 Å². The van der Waals surface area contributed by atoms with E-state index in [-0.39, 0.29) is 5.82 Å². The number of aryl methyl sites for hydroxylation is 1. The first kappa shape index (κ1) is 9.66. The van der Waals surface area contributed by atoms with Gasteiger partial charge in [-0.2, -0.15) is 0 Å². The fraction of sp³-hybridized carbons (Fsp3) is 0.500. The van der Waals surface area contributed by atoms with E-state index < -0.39 is 0 Å². The van der Waals surface area contributed by atoms with Gasteiger partial charge in [0, 0.05) is 0 Å². The maximum Gasteiger partial charge on any atom is 0.123 e. The zero-order chi connectivity index (χ0) is 10.1. The van der Waals surface area contributed by atoms with Gasteiger partial charge in [-0.1, -0.05) is 6.07 Å². The van der Waals surface area contributed by atoms with Gasteiger partial charge in [-0.25, -0.2) is 4.39 Å². The molecule has 1 nitrogen and oxygen atoms in total. The summed E-state index contributed by atoms with van der Waals surface area (Å²) in [6.45, 7) is 2.66. The topological polar surface area (TPSA) is 26.0 Å². The Morgan fingerprint density at radius 1 is 1.36 bits per heavy atom. The molecule has 2 atom stereocenters. The van der Waals surface area contributed by atoms with Crippen LogP contribution in [0, 0.1) is 18.7 Å². The molecule has 0 spiro atoms. The lowest BCUT2D eigenvalue weighted by Crippen LogP contribution is -2.30. The average molecular weight is 193 g/mol. The highest BCUT2D eigenvalue weighted by molar-refractivity contribution is 5.28. The van der Waals surface area contributed by atoms with Crippen molar-refractivity contribution in [1.82, 2.24) is 0 Å². The Morgan fingerprint density at radius 2 is 2.14 bits per heavy atom. The molecule has 1 aliphatic carbocycles. The molecule has 14 heavy (non-hydrogen) atoms. The van der Waals surface area contributed by atoms with Crippen molar-refractivity contribution in [3.8, 4) is 0 Å². The van der Waals surface area contributed by atoms with E-state index in [0.29, 0.717) is 11.8 Å². The number of hydrogen-bond donors (Lipinski definition) is 1. The normalized spacial score (nSPS) is 25.9. The minimum Gasteiger partial charge on any atom is -0.330 e. The molecule has 2 heteroatoms. The van der Waals surface area contributed by atoms with Crippen molar-refractivity contribution in [2.75, 3.05) is 6.54 Å². The summed E-state index contributed by atoms with van der Waals surface area (Å²) in [7, 11) is 0. The summed E-state index contributed by atoms with van der Waals surface area (Å²) in [5.74, 6) is 0.938. The van der Waals surface area contributed by atoms with Crippen LogP contribution in [0.2, 0.25) is 0 Å². The molecule has 1 saturated carbocycles. The lowest BCUT2D eigenvalue weighted by atomic mass is 9.70. The Kier molecular flexibility index (Phi) is 2.55. The van der Waals surface area contributed by atoms with Crippen LogP contribution in [0.5, 0.6) is 0 Å². The number of benzene rings is 1. The molecule has 2 rings (SSSR count). The van der Waals surface area contributed by atoms with Crippen LogP contribution >= 0.6 is 0 Å². The molecule has 0 amide bonds. The highest BCUT2D eigenvalue weighted by Gasteiger charge is 2.30. The van der Waals surface area contributed by atoms with Crippen molar-refractivity contribution in [2.24, 2.45) is 11.7 Å². The van der Waals surface area contributed by atoms with Crippen LogP contribution in [0.1, 0.15) is 29.9 Å². The predicted molar refractivity (Wildman–Crippen MR) is 55.7 cm³/mol. The first-order valence-corrected chi connectivity index (χ1v) is 5.18. The molecular formula is C12H16FN. The number of nitrogens with two attached hydrogens (primary N) is 1. The second-order valence-electron chi connectivity index (χ2n) is 4.24. The van der Waals surface area contributed by atoms with Crippen molar-refractivity contribution in [3.05, 3.63) is 35.1 Å². The van der Waals surface area contributed by atoms with E-state index in [4.69, 9.17) is 5.73 Å². The van der Waals surface area contributed by atoms with Gasteiger partial charge in [0.15, 0.2) is 0 Å². The van der Waals surface area contributed by atoms with Gasteiger partial charge in [0.1, 0.15) is 5.82 Å². The zero-order valence-electron chi connectivity index (χ0n) is 8.46. The van der Waals surface area contributed by atoms with Crippen LogP contribution < -0.4 is 5.73 Å². The molecule has 0 bridgehead atoms. The minimum atomic E-state index is -0.123. The third-order valence-electron chi connectivity index (χ3n) is 3.21.